The highest BCUT2D eigenvalue weighted by Gasteiger charge is 2.25. The van der Waals surface area contributed by atoms with Gasteiger partial charge in [-0.3, -0.25) is 4.79 Å². The fraction of sp³-hybridized carbons (Fsp3) is 0.278. The molecule has 2 atom stereocenters. The van der Waals surface area contributed by atoms with Crippen LogP contribution in [0.2, 0.25) is 0 Å². The molecule has 0 aromatic heterocycles. The zero-order valence-electron chi connectivity index (χ0n) is 12.8. The highest BCUT2D eigenvalue weighted by atomic mass is 32.2. The molecule has 2 aromatic rings. The summed E-state index contributed by atoms with van der Waals surface area (Å²) >= 11 is 1.69. The molecule has 120 valence electrons. The fourth-order valence-corrected chi connectivity index (χ4v) is 3.67. The summed E-state index contributed by atoms with van der Waals surface area (Å²) in [7, 11) is 0. The van der Waals surface area contributed by atoms with Gasteiger partial charge in [0.15, 0.2) is 6.10 Å². The van der Waals surface area contributed by atoms with E-state index in [2.05, 4.69) is 5.32 Å². The van der Waals surface area contributed by atoms with E-state index in [1.807, 2.05) is 30.3 Å². The largest absolute Gasteiger partial charge is 0.481 e. The minimum atomic E-state index is -0.607. The van der Waals surface area contributed by atoms with Crippen molar-refractivity contribution in [3.63, 3.8) is 0 Å². The first-order chi connectivity index (χ1) is 11.1. The summed E-state index contributed by atoms with van der Waals surface area (Å²) in [6, 6.07) is 13.8. The number of fused-ring (bicyclic) bond motifs is 1. The molecule has 0 fully saturated rings. The van der Waals surface area contributed by atoms with Gasteiger partial charge in [-0.05, 0) is 49.2 Å². The van der Waals surface area contributed by atoms with Crippen molar-refractivity contribution in [1.29, 1.82) is 0 Å². The lowest BCUT2D eigenvalue weighted by atomic mass is 10.0. The Morgan fingerprint density at radius 2 is 2.09 bits per heavy atom. The topological polar surface area (TPSA) is 38.3 Å². The molecule has 1 aliphatic rings. The van der Waals surface area contributed by atoms with E-state index in [0.717, 1.165) is 22.6 Å². The summed E-state index contributed by atoms with van der Waals surface area (Å²) in [6.07, 6.45) is 0.175. The third-order valence-electron chi connectivity index (χ3n) is 3.75. The number of ether oxygens (including phenoxy) is 1. The van der Waals surface area contributed by atoms with Crippen molar-refractivity contribution in [2.24, 2.45) is 0 Å². The van der Waals surface area contributed by atoms with Crippen LogP contribution in [0.3, 0.4) is 0 Å². The molecule has 0 aliphatic carbocycles. The molecule has 1 N–H and O–H groups in total. The van der Waals surface area contributed by atoms with Gasteiger partial charge in [-0.1, -0.05) is 18.2 Å². The molecule has 0 radical (unpaired) electrons. The van der Waals surface area contributed by atoms with E-state index in [-0.39, 0.29) is 17.8 Å². The summed E-state index contributed by atoms with van der Waals surface area (Å²) in [5.74, 6) is 1.08. The van der Waals surface area contributed by atoms with Crippen LogP contribution in [0, 0.1) is 5.82 Å². The Morgan fingerprint density at radius 1 is 1.30 bits per heavy atom. The number of hydrogen-bond acceptors (Lipinski definition) is 3. The zero-order chi connectivity index (χ0) is 16.2. The molecule has 1 aliphatic heterocycles. The van der Waals surface area contributed by atoms with E-state index in [1.165, 1.54) is 12.1 Å². The summed E-state index contributed by atoms with van der Waals surface area (Å²) in [5, 5.41) is 2.98. The summed E-state index contributed by atoms with van der Waals surface area (Å²) in [5.41, 5.74) is 0.849. The third-order valence-corrected chi connectivity index (χ3v) is 4.88. The van der Waals surface area contributed by atoms with Crippen molar-refractivity contribution >= 4 is 17.7 Å². The second kappa shape index (κ2) is 7.04. The molecule has 0 bridgehead atoms. The number of thioether (sulfide) groups is 1. The SMILES string of the molecule is C[C@@H](Oc1ccccc1)C(=O)N[C@@H]1CCSc2ccc(F)cc21. The van der Waals surface area contributed by atoms with Gasteiger partial charge in [0.25, 0.3) is 5.91 Å². The van der Waals surface area contributed by atoms with Crippen molar-refractivity contribution in [3.05, 3.63) is 59.9 Å². The van der Waals surface area contributed by atoms with Crippen LogP contribution in [0.5, 0.6) is 5.75 Å². The van der Waals surface area contributed by atoms with Gasteiger partial charge in [-0.2, -0.15) is 0 Å². The lowest BCUT2D eigenvalue weighted by Gasteiger charge is -2.27. The number of nitrogens with one attached hydrogen (secondary N) is 1. The van der Waals surface area contributed by atoms with Crippen LogP contribution < -0.4 is 10.1 Å². The number of benzene rings is 2. The smallest absolute Gasteiger partial charge is 0.261 e. The fourth-order valence-electron chi connectivity index (χ4n) is 2.56. The number of carbonyl (C=O) groups excluding carboxylic acids is 1. The Bertz CT molecular complexity index is 693. The van der Waals surface area contributed by atoms with E-state index >= 15 is 0 Å². The number of hydrogen-bond donors (Lipinski definition) is 1. The molecule has 2 aromatic carbocycles. The Kier molecular flexibility index (Phi) is 4.86. The summed E-state index contributed by atoms with van der Waals surface area (Å²) < 4.78 is 19.1. The predicted molar refractivity (Wildman–Crippen MR) is 89.2 cm³/mol. The van der Waals surface area contributed by atoms with E-state index in [4.69, 9.17) is 4.74 Å². The van der Waals surface area contributed by atoms with Crippen LogP contribution in [0.15, 0.2) is 53.4 Å². The molecular formula is C18H18FNO2S. The van der Waals surface area contributed by atoms with Crippen LogP contribution in [-0.4, -0.2) is 17.8 Å². The van der Waals surface area contributed by atoms with Gasteiger partial charge in [0, 0.05) is 10.6 Å². The third kappa shape index (κ3) is 3.85. The van der Waals surface area contributed by atoms with Gasteiger partial charge in [0.2, 0.25) is 0 Å². The maximum atomic E-state index is 13.5. The molecule has 23 heavy (non-hydrogen) atoms. The normalized spacial score (nSPS) is 17.9. The molecule has 0 unspecified atom stereocenters. The standard InChI is InChI=1S/C18H18FNO2S/c1-12(22-14-5-3-2-4-6-14)18(21)20-16-9-10-23-17-8-7-13(19)11-15(16)17/h2-8,11-12,16H,9-10H2,1H3,(H,20,21)/t12-,16-/m1/s1. The van der Waals surface area contributed by atoms with Crippen molar-refractivity contribution in [2.75, 3.05) is 5.75 Å². The maximum Gasteiger partial charge on any atom is 0.261 e. The van der Waals surface area contributed by atoms with Gasteiger partial charge in [0.05, 0.1) is 6.04 Å². The number of carbonyl (C=O) groups is 1. The van der Waals surface area contributed by atoms with Crippen molar-refractivity contribution < 1.29 is 13.9 Å². The number of rotatable bonds is 4. The Hall–Kier alpha value is -2.01. The second-order valence-corrected chi connectivity index (χ2v) is 6.59. The monoisotopic (exact) mass is 331 g/mol. The molecule has 0 saturated heterocycles. The van der Waals surface area contributed by atoms with Gasteiger partial charge >= 0.3 is 0 Å². The minimum Gasteiger partial charge on any atom is -0.481 e. The van der Waals surface area contributed by atoms with Crippen molar-refractivity contribution in [3.8, 4) is 5.75 Å². The van der Waals surface area contributed by atoms with Crippen LogP contribution in [0.25, 0.3) is 0 Å². The van der Waals surface area contributed by atoms with Crippen LogP contribution in [-0.2, 0) is 4.79 Å². The molecule has 1 amide bonds. The van der Waals surface area contributed by atoms with E-state index in [1.54, 1.807) is 24.8 Å². The summed E-state index contributed by atoms with van der Waals surface area (Å²) in [4.78, 5) is 13.4. The first kappa shape index (κ1) is 15.9. The maximum absolute atomic E-state index is 13.5. The first-order valence-corrected chi connectivity index (χ1v) is 8.56. The van der Waals surface area contributed by atoms with Gasteiger partial charge < -0.3 is 10.1 Å². The quantitative estimate of drug-likeness (QED) is 0.922. The minimum absolute atomic E-state index is 0.170. The molecule has 0 saturated carbocycles. The van der Waals surface area contributed by atoms with Crippen LogP contribution >= 0.6 is 11.8 Å². The molecule has 5 heteroatoms. The molecule has 3 nitrogen and oxygen atoms in total. The van der Waals surface area contributed by atoms with Crippen LogP contribution in [0.4, 0.5) is 4.39 Å². The number of para-hydroxylation sites is 1. The Morgan fingerprint density at radius 3 is 2.87 bits per heavy atom. The molecule has 1 heterocycles. The average molecular weight is 331 g/mol. The van der Waals surface area contributed by atoms with Crippen LogP contribution in [0.1, 0.15) is 24.9 Å². The van der Waals surface area contributed by atoms with E-state index in [0.29, 0.717) is 5.75 Å². The zero-order valence-corrected chi connectivity index (χ0v) is 13.6. The van der Waals surface area contributed by atoms with Crippen molar-refractivity contribution in [1.82, 2.24) is 5.32 Å². The highest BCUT2D eigenvalue weighted by Crippen LogP contribution is 2.36. The van der Waals surface area contributed by atoms with Gasteiger partial charge in [-0.25, -0.2) is 4.39 Å². The second-order valence-electron chi connectivity index (χ2n) is 5.45. The molecule has 0 spiro atoms. The lowest BCUT2D eigenvalue weighted by molar-refractivity contribution is -0.128. The van der Waals surface area contributed by atoms with E-state index in [9.17, 15) is 9.18 Å². The Labute approximate surface area is 139 Å². The number of halogens is 1. The molecule has 3 rings (SSSR count). The first-order valence-electron chi connectivity index (χ1n) is 7.58. The van der Waals surface area contributed by atoms with E-state index < -0.39 is 6.10 Å². The highest BCUT2D eigenvalue weighted by molar-refractivity contribution is 7.99. The lowest BCUT2D eigenvalue weighted by Crippen LogP contribution is -2.39. The predicted octanol–water partition coefficient (Wildman–Crippen LogP) is 3.95. The van der Waals surface area contributed by atoms with Gasteiger partial charge in [0.1, 0.15) is 11.6 Å². The average Bonchev–Trinajstić information content (AvgIpc) is 2.56. The van der Waals surface area contributed by atoms with Crippen molar-refractivity contribution in [2.45, 2.75) is 30.4 Å². The Balaban J connectivity index is 1.68. The number of amides is 1. The van der Waals surface area contributed by atoms with Gasteiger partial charge in [-0.15, -0.1) is 11.8 Å². The molecular weight excluding hydrogens is 313 g/mol. The summed E-state index contributed by atoms with van der Waals surface area (Å²) in [6.45, 7) is 1.71.